The van der Waals surface area contributed by atoms with Crippen molar-refractivity contribution in [1.29, 1.82) is 0 Å². The van der Waals surface area contributed by atoms with Gasteiger partial charge in [0.15, 0.2) is 0 Å². The highest BCUT2D eigenvalue weighted by Crippen LogP contribution is 2.31. The Labute approximate surface area is 151 Å². The van der Waals surface area contributed by atoms with E-state index in [0.29, 0.717) is 18.7 Å². The predicted molar refractivity (Wildman–Crippen MR) is 91.5 cm³/mol. The molecule has 4 atom stereocenters. The van der Waals surface area contributed by atoms with E-state index in [2.05, 4.69) is 22.1 Å². The molecule has 3 rings (SSSR count). The van der Waals surface area contributed by atoms with Crippen LogP contribution in [-0.2, 0) is 9.53 Å². The molecule has 5 nitrogen and oxygen atoms in total. The Hall–Kier alpha value is -1.48. The summed E-state index contributed by atoms with van der Waals surface area (Å²) >= 11 is 0. The summed E-state index contributed by atoms with van der Waals surface area (Å²) in [5, 5.41) is 7.34. The van der Waals surface area contributed by atoms with Gasteiger partial charge in [-0.25, -0.2) is 0 Å². The van der Waals surface area contributed by atoms with Crippen LogP contribution in [0.25, 0.3) is 0 Å². The second kappa shape index (κ2) is 8.95. The predicted octanol–water partition coefficient (Wildman–Crippen LogP) is 2.66. The van der Waals surface area contributed by atoms with Crippen LogP contribution in [0.2, 0.25) is 0 Å². The molecule has 0 saturated carbocycles. The van der Waals surface area contributed by atoms with Crippen LogP contribution >= 0.6 is 0 Å². The van der Waals surface area contributed by atoms with Gasteiger partial charge in [-0.15, -0.1) is 0 Å². The monoisotopic (exact) mass is 381 g/mol. The lowest BCUT2D eigenvalue weighted by Crippen LogP contribution is -2.62. The molecular weight excluding hydrogens is 353 g/mol. The van der Waals surface area contributed by atoms with Gasteiger partial charge in [0.25, 0.3) is 0 Å². The third kappa shape index (κ3) is 6.68. The molecule has 0 radical (unpaired) electrons. The summed E-state index contributed by atoms with van der Waals surface area (Å²) < 4.78 is 46.6. The number of ether oxygens (including phenoxy) is 1. The number of nitrogens with zero attached hydrogens (tertiary/aromatic N) is 1. The van der Waals surface area contributed by atoms with Gasteiger partial charge in [0.1, 0.15) is 0 Å². The van der Waals surface area contributed by atoms with E-state index in [-0.39, 0.29) is 5.97 Å². The fourth-order valence-electron chi connectivity index (χ4n) is 4.16. The molecule has 1 fully saturated rings. The minimum Gasteiger partial charge on any atom is -0.466 e. The van der Waals surface area contributed by atoms with Gasteiger partial charge in [-0.3, -0.25) is 20.0 Å². The molecule has 2 N–H and O–H groups in total. The average molecular weight is 381 g/mol. The summed E-state index contributed by atoms with van der Waals surface area (Å²) in [6, 6.07) is 2.62. The quantitative estimate of drug-likeness (QED) is 0.253. The van der Waals surface area contributed by atoms with Crippen molar-refractivity contribution in [3.8, 4) is 0 Å². The largest absolute Gasteiger partial charge is 0.673 e. The average Bonchev–Trinajstić information content (AvgIpc) is 2.88. The van der Waals surface area contributed by atoms with Gasteiger partial charge in [-0.05, 0) is 39.0 Å². The number of halogens is 4. The van der Waals surface area contributed by atoms with Gasteiger partial charge >= 0.3 is 19.2 Å². The maximum absolute atomic E-state index is 10.7. The number of unbranched alkanes of at least 4 members (excludes halogenated alkanes) is 1. The zero-order valence-corrected chi connectivity index (χ0v) is 15.3. The zero-order chi connectivity index (χ0) is 19.3. The number of guanidine groups is 1. The number of nitrogens with one attached hydrogen (secondary N) is 2. The lowest BCUT2D eigenvalue weighted by molar-refractivity contribution is -0.593. The van der Waals surface area contributed by atoms with E-state index in [1.54, 1.807) is 0 Å². The van der Waals surface area contributed by atoms with E-state index in [1.165, 1.54) is 38.6 Å². The molecule has 0 aromatic heterocycles. The molecule has 0 amide bonds. The smallest absolute Gasteiger partial charge is 0.466 e. The minimum atomic E-state index is -6.00. The number of carbonyl (C=O) groups excluding carboxylic acids is 1. The topological polar surface area (TPSA) is 53.4 Å². The summed E-state index contributed by atoms with van der Waals surface area (Å²) in [5.74, 6) is 1.10. The van der Waals surface area contributed by atoms with Gasteiger partial charge in [-0.2, -0.15) is 0 Å². The maximum Gasteiger partial charge on any atom is 0.673 e. The van der Waals surface area contributed by atoms with Crippen LogP contribution in [0.5, 0.6) is 0 Å². The molecule has 150 valence electrons. The van der Waals surface area contributed by atoms with Crippen LogP contribution in [0.15, 0.2) is 0 Å². The van der Waals surface area contributed by atoms with Crippen LogP contribution in [0.1, 0.15) is 58.8 Å². The first kappa shape index (κ1) is 20.8. The van der Waals surface area contributed by atoms with Crippen LogP contribution < -0.4 is 10.6 Å². The van der Waals surface area contributed by atoms with Crippen LogP contribution in [0.4, 0.5) is 17.3 Å². The SMILES string of the molecule is CC(=O)OCCCC[C@H]1C[C@H]2CC[C@H]3C[C@@H](C)NC(=[N+]23)N1.F[B-](F)(F)F. The molecule has 26 heavy (non-hydrogen) atoms. The molecule has 3 aliphatic heterocycles. The van der Waals surface area contributed by atoms with Gasteiger partial charge in [0.05, 0.1) is 30.8 Å². The van der Waals surface area contributed by atoms with Crippen LogP contribution in [-0.4, -0.2) is 54.5 Å². The number of esters is 1. The highest BCUT2D eigenvalue weighted by Gasteiger charge is 2.44. The van der Waals surface area contributed by atoms with Gasteiger partial charge in [0, 0.05) is 19.8 Å². The Morgan fingerprint density at radius 1 is 1.15 bits per heavy atom. The normalized spacial score (nSPS) is 29.8. The van der Waals surface area contributed by atoms with Crippen molar-refractivity contribution < 1.29 is 31.4 Å². The second-order valence-electron chi connectivity index (χ2n) is 7.33. The molecule has 0 unspecified atom stereocenters. The van der Waals surface area contributed by atoms with Crippen molar-refractivity contribution in [3.05, 3.63) is 0 Å². The number of rotatable bonds is 5. The summed E-state index contributed by atoms with van der Waals surface area (Å²) in [6.45, 7) is 4.31. The van der Waals surface area contributed by atoms with Crippen molar-refractivity contribution in [2.75, 3.05) is 6.61 Å². The molecule has 10 heteroatoms. The lowest BCUT2D eigenvalue weighted by atomic mass is 9.99. The molecule has 0 aliphatic carbocycles. The molecule has 3 aliphatic rings. The molecular formula is C16H28BF4N3O2. The molecule has 1 saturated heterocycles. The first-order valence-corrected chi connectivity index (χ1v) is 9.32. The van der Waals surface area contributed by atoms with E-state index in [0.717, 1.165) is 31.3 Å². The minimum absolute atomic E-state index is 0.172. The van der Waals surface area contributed by atoms with Crippen LogP contribution in [0, 0.1) is 0 Å². The van der Waals surface area contributed by atoms with Crippen molar-refractivity contribution in [3.63, 3.8) is 0 Å². The molecule has 0 aromatic carbocycles. The standard InChI is InChI=1S/C16H27N3O2.BF4/c1-11-9-14-6-7-15-10-13(18-16(17-11)19(14)15)5-3-4-8-21-12(2)20;2-1(3,4)5/h11,13-15H,3-10H2,1-2H3,(H,17,18);/q;-1/p+1/t11-,13+,14+,15-;/m1./s1. The van der Waals surface area contributed by atoms with Crippen molar-refractivity contribution in [1.82, 2.24) is 10.6 Å². The van der Waals surface area contributed by atoms with Crippen molar-refractivity contribution in [2.24, 2.45) is 0 Å². The highest BCUT2D eigenvalue weighted by atomic mass is 19.5. The Morgan fingerprint density at radius 2 is 1.77 bits per heavy atom. The Morgan fingerprint density at radius 3 is 2.38 bits per heavy atom. The Balaban J connectivity index is 0.000000431. The maximum atomic E-state index is 10.7. The number of carbonyl (C=O) groups is 1. The highest BCUT2D eigenvalue weighted by molar-refractivity contribution is 6.50. The summed E-state index contributed by atoms with van der Waals surface area (Å²) in [7, 11) is -6.00. The van der Waals surface area contributed by atoms with E-state index in [4.69, 9.17) is 4.74 Å². The summed E-state index contributed by atoms with van der Waals surface area (Å²) in [5.41, 5.74) is 0. The number of hydrogen-bond acceptors (Lipinski definition) is 4. The number of hydrogen-bond donors (Lipinski definition) is 2. The van der Waals surface area contributed by atoms with E-state index in [1.807, 2.05) is 0 Å². The van der Waals surface area contributed by atoms with E-state index >= 15 is 0 Å². The first-order chi connectivity index (χ1) is 12.1. The molecule has 0 spiro atoms. The third-order valence-electron chi connectivity index (χ3n) is 5.04. The van der Waals surface area contributed by atoms with Crippen molar-refractivity contribution >= 4 is 19.2 Å². The summed E-state index contributed by atoms with van der Waals surface area (Å²) in [4.78, 5) is 10.7. The Bertz CT molecular complexity index is 524. The zero-order valence-electron chi connectivity index (χ0n) is 15.3. The van der Waals surface area contributed by atoms with Crippen molar-refractivity contribution in [2.45, 2.75) is 83.0 Å². The fraction of sp³-hybridized carbons (Fsp3) is 0.875. The van der Waals surface area contributed by atoms with Gasteiger partial charge in [-0.1, -0.05) is 0 Å². The van der Waals surface area contributed by atoms with E-state index in [9.17, 15) is 22.1 Å². The van der Waals surface area contributed by atoms with Gasteiger partial charge < -0.3 is 22.0 Å². The molecule has 3 heterocycles. The lowest BCUT2D eigenvalue weighted by Gasteiger charge is -2.35. The second-order valence-corrected chi connectivity index (χ2v) is 7.33. The molecule has 0 aromatic rings. The fourth-order valence-corrected chi connectivity index (χ4v) is 4.16. The molecule has 0 bridgehead atoms. The van der Waals surface area contributed by atoms with Crippen LogP contribution in [0.3, 0.4) is 0 Å². The Kier molecular flexibility index (Phi) is 7.17. The van der Waals surface area contributed by atoms with Gasteiger partial charge in [0.2, 0.25) is 0 Å². The summed E-state index contributed by atoms with van der Waals surface area (Å²) in [6.07, 6.45) is 8.46. The first-order valence-electron chi connectivity index (χ1n) is 9.32. The third-order valence-corrected chi connectivity index (χ3v) is 5.04. The van der Waals surface area contributed by atoms with E-state index < -0.39 is 7.25 Å².